The average molecular weight is 294 g/mol. The molecule has 20 heavy (non-hydrogen) atoms. The fraction of sp³-hybridized carbons (Fsp3) is 0.231. The van der Waals surface area contributed by atoms with Crippen LogP contribution in [0.15, 0.2) is 41.4 Å². The molecule has 106 valence electrons. The molecule has 6 nitrogen and oxygen atoms in total. The third-order valence-corrected chi connectivity index (χ3v) is 4.14. The predicted molar refractivity (Wildman–Crippen MR) is 72.5 cm³/mol. The largest absolute Gasteiger partial charge is 0.368 e. The minimum Gasteiger partial charge on any atom is -0.368 e. The fourth-order valence-electron chi connectivity index (χ4n) is 1.99. The van der Waals surface area contributed by atoms with Crippen molar-refractivity contribution in [3.05, 3.63) is 42.1 Å². The van der Waals surface area contributed by atoms with E-state index < -0.39 is 27.7 Å². The van der Waals surface area contributed by atoms with E-state index in [0.717, 1.165) is 6.26 Å². The molecule has 2 N–H and O–H groups in total. The number of nitrogens with zero attached hydrogens (tertiary/aromatic N) is 1. The Morgan fingerprint density at radius 3 is 2.65 bits per heavy atom. The molecule has 0 aliphatic carbocycles. The number of hydrogen-bond donors (Lipinski definition) is 1. The maximum atomic E-state index is 12.3. The Kier molecular flexibility index (Phi) is 3.63. The summed E-state index contributed by atoms with van der Waals surface area (Å²) in [6.07, 6.45) is 4.60. The lowest BCUT2D eigenvalue weighted by molar-refractivity contribution is -0.121. The van der Waals surface area contributed by atoms with E-state index >= 15 is 0 Å². The van der Waals surface area contributed by atoms with Gasteiger partial charge < -0.3 is 10.6 Å². The van der Waals surface area contributed by atoms with Crippen molar-refractivity contribution < 1.29 is 18.0 Å². The molecule has 1 aromatic rings. The minimum atomic E-state index is -3.39. The molecule has 1 aliphatic rings. The molecule has 0 fully saturated rings. The second kappa shape index (κ2) is 5.09. The van der Waals surface area contributed by atoms with Gasteiger partial charge in [-0.15, -0.1) is 0 Å². The monoisotopic (exact) mass is 294 g/mol. The van der Waals surface area contributed by atoms with Crippen LogP contribution in [-0.4, -0.2) is 37.4 Å². The van der Waals surface area contributed by atoms with E-state index in [4.69, 9.17) is 5.73 Å². The molecule has 1 heterocycles. The van der Waals surface area contributed by atoms with Crippen molar-refractivity contribution in [2.75, 3.05) is 6.26 Å². The molecule has 7 heteroatoms. The standard InChI is InChI=1S/C13H14N2O4S/c1-20(18,19)10-5-2-4-9(8-10)13(17)15-7-3-6-11(15)12(14)16/h2-5,7-8,11H,6H2,1H3,(H2,14,16). The Labute approximate surface area is 116 Å². The van der Waals surface area contributed by atoms with Gasteiger partial charge in [0, 0.05) is 18.0 Å². The third kappa shape index (κ3) is 2.72. The van der Waals surface area contributed by atoms with Crippen molar-refractivity contribution in [3.63, 3.8) is 0 Å². The van der Waals surface area contributed by atoms with Crippen LogP contribution >= 0.6 is 0 Å². The molecule has 1 unspecified atom stereocenters. The zero-order valence-electron chi connectivity index (χ0n) is 10.8. The van der Waals surface area contributed by atoms with Crippen LogP contribution in [0.3, 0.4) is 0 Å². The van der Waals surface area contributed by atoms with Crippen molar-refractivity contribution in [1.82, 2.24) is 4.90 Å². The lowest BCUT2D eigenvalue weighted by atomic mass is 10.1. The topological polar surface area (TPSA) is 97.5 Å². The Morgan fingerprint density at radius 1 is 1.35 bits per heavy atom. The van der Waals surface area contributed by atoms with Crippen molar-refractivity contribution in [2.24, 2.45) is 5.73 Å². The maximum absolute atomic E-state index is 12.3. The zero-order chi connectivity index (χ0) is 14.9. The maximum Gasteiger partial charge on any atom is 0.258 e. The van der Waals surface area contributed by atoms with Gasteiger partial charge in [-0.25, -0.2) is 8.42 Å². The van der Waals surface area contributed by atoms with Crippen molar-refractivity contribution in [3.8, 4) is 0 Å². The lowest BCUT2D eigenvalue weighted by Gasteiger charge is -2.21. The Balaban J connectivity index is 2.35. The summed E-state index contributed by atoms with van der Waals surface area (Å²) in [7, 11) is -3.39. The lowest BCUT2D eigenvalue weighted by Crippen LogP contribution is -2.42. The van der Waals surface area contributed by atoms with Crippen molar-refractivity contribution in [2.45, 2.75) is 17.4 Å². The van der Waals surface area contributed by atoms with Gasteiger partial charge in [-0.2, -0.15) is 0 Å². The summed E-state index contributed by atoms with van der Waals surface area (Å²) in [5.74, 6) is -1.05. The first-order valence-corrected chi connectivity index (χ1v) is 7.78. The number of sulfone groups is 1. The van der Waals surface area contributed by atoms with Crippen LogP contribution in [0.2, 0.25) is 0 Å². The molecule has 2 amide bonds. The molecule has 0 bridgehead atoms. The van der Waals surface area contributed by atoms with E-state index in [0.29, 0.717) is 6.42 Å². The fourth-order valence-corrected chi connectivity index (χ4v) is 2.66. The summed E-state index contributed by atoms with van der Waals surface area (Å²) < 4.78 is 23.0. The highest BCUT2D eigenvalue weighted by Crippen LogP contribution is 2.19. The van der Waals surface area contributed by atoms with Gasteiger partial charge in [0.25, 0.3) is 5.91 Å². The van der Waals surface area contributed by atoms with Gasteiger partial charge >= 0.3 is 0 Å². The molecule has 0 aromatic heterocycles. The van der Waals surface area contributed by atoms with Crippen molar-refractivity contribution in [1.29, 1.82) is 0 Å². The second-order valence-electron chi connectivity index (χ2n) is 4.55. The average Bonchev–Trinajstić information content (AvgIpc) is 2.86. The highest BCUT2D eigenvalue weighted by Gasteiger charge is 2.30. The highest BCUT2D eigenvalue weighted by molar-refractivity contribution is 7.90. The van der Waals surface area contributed by atoms with Crippen LogP contribution in [-0.2, 0) is 14.6 Å². The van der Waals surface area contributed by atoms with Crippen LogP contribution in [0.1, 0.15) is 16.8 Å². The van der Waals surface area contributed by atoms with Gasteiger partial charge in [-0.1, -0.05) is 12.1 Å². The Bertz CT molecular complexity index is 694. The van der Waals surface area contributed by atoms with Crippen LogP contribution < -0.4 is 5.73 Å². The van der Waals surface area contributed by atoms with E-state index in [-0.39, 0.29) is 10.5 Å². The number of rotatable bonds is 3. The van der Waals surface area contributed by atoms with Gasteiger partial charge in [0.2, 0.25) is 5.91 Å². The molecule has 0 saturated carbocycles. The Morgan fingerprint density at radius 2 is 2.05 bits per heavy atom. The first-order chi connectivity index (χ1) is 9.30. The smallest absolute Gasteiger partial charge is 0.258 e. The van der Waals surface area contributed by atoms with E-state index in [2.05, 4.69) is 0 Å². The van der Waals surface area contributed by atoms with Gasteiger partial charge in [0.1, 0.15) is 6.04 Å². The number of benzene rings is 1. The zero-order valence-corrected chi connectivity index (χ0v) is 11.6. The van der Waals surface area contributed by atoms with Gasteiger partial charge in [0.15, 0.2) is 9.84 Å². The number of primary amides is 1. The van der Waals surface area contributed by atoms with E-state index in [1.54, 1.807) is 6.08 Å². The molecular weight excluding hydrogens is 280 g/mol. The summed E-state index contributed by atoms with van der Waals surface area (Å²) in [4.78, 5) is 24.9. The number of carbonyl (C=O) groups is 2. The summed E-state index contributed by atoms with van der Waals surface area (Å²) in [6, 6.07) is 4.98. The Hall–Kier alpha value is -2.15. The van der Waals surface area contributed by atoms with Crippen LogP contribution in [0.4, 0.5) is 0 Å². The molecule has 1 atom stereocenters. The quantitative estimate of drug-likeness (QED) is 0.867. The summed E-state index contributed by atoms with van der Waals surface area (Å²) >= 11 is 0. The first-order valence-electron chi connectivity index (χ1n) is 5.89. The number of carbonyl (C=O) groups excluding carboxylic acids is 2. The van der Waals surface area contributed by atoms with Crippen LogP contribution in [0.5, 0.6) is 0 Å². The SMILES string of the molecule is CS(=O)(=O)c1cccc(C(=O)N2C=CCC2C(N)=O)c1. The van der Waals surface area contributed by atoms with Crippen LogP contribution in [0.25, 0.3) is 0 Å². The van der Waals surface area contributed by atoms with Gasteiger partial charge in [-0.05, 0) is 24.6 Å². The predicted octanol–water partition coefficient (Wildman–Crippen LogP) is 0.304. The molecular formula is C13H14N2O4S. The van der Waals surface area contributed by atoms with E-state index in [9.17, 15) is 18.0 Å². The van der Waals surface area contributed by atoms with Crippen molar-refractivity contribution >= 4 is 21.7 Å². The minimum absolute atomic E-state index is 0.0575. The molecule has 0 radical (unpaired) electrons. The normalized spacial score (nSPS) is 18.2. The third-order valence-electron chi connectivity index (χ3n) is 3.03. The van der Waals surface area contributed by atoms with E-state index in [1.165, 1.54) is 35.4 Å². The van der Waals surface area contributed by atoms with Gasteiger partial charge in [-0.3, -0.25) is 9.59 Å². The summed E-state index contributed by atoms with van der Waals surface area (Å²) in [6.45, 7) is 0. The molecule has 2 rings (SSSR count). The molecule has 1 aliphatic heterocycles. The van der Waals surface area contributed by atoms with Gasteiger partial charge in [0.05, 0.1) is 4.90 Å². The number of hydrogen-bond acceptors (Lipinski definition) is 4. The number of nitrogens with two attached hydrogens (primary N) is 1. The first kappa shape index (κ1) is 14.3. The summed E-state index contributed by atoms with van der Waals surface area (Å²) in [5.41, 5.74) is 5.43. The van der Waals surface area contributed by atoms with E-state index in [1.807, 2.05) is 0 Å². The summed E-state index contributed by atoms with van der Waals surface area (Å²) in [5, 5.41) is 0. The highest BCUT2D eigenvalue weighted by atomic mass is 32.2. The molecule has 0 saturated heterocycles. The number of amides is 2. The molecule has 1 aromatic carbocycles. The second-order valence-corrected chi connectivity index (χ2v) is 6.57. The van der Waals surface area contributed by atoms with Crippen LogP contribution in [0, 0.1) is 0 Å². The molecule has 0 spiro atoms.